The highest BCUT2D eigenvalue weighted by Crippen LogP contribution is 2.23. The summed E-state index contributed by atoms with van der Waals surface area (Å²) >= 11 is 4.63. The molecule has 126 valence electrons. The number of hydrogen-bond acceptors (Lipinski definition) is 4. The minimum Gasteiger partial charge on any atom is -0.492 e. The van der Waals surface area contributed by atoms with Crippen molar-refractivity contribution in [2.75, 3.05) is 23.4 Å². The molecular weight excluding hydrogens is 390 g/mol. The maximum Gasteiger partial charge on any atom is 0.234 e. The fourth-order valence-corrected chi connectivity index (χ4v) is 2.97. The summed E-state index contributed by atoms with van der Waals surface area (Å²) < 4.78 is 6.40. The molecule has 2 aromatic carbocycles. The Balaban J connectivity index is 1.81. The maximum absolute atomic E-state index is 12.0. The number of benzene rings is 2. The lowest BCUT2D eigenvalue weighted by molar-refractivity contribution is -0.113. The first kappa shape index (κ1) is 18.5. The maximum atomic E-state index is 12.0. The summed E-state index contributed by atoms with van der Waals surface area (Å²) in [5.74, 6) is 0.973. The second kappa shape index (κ2) is 9.49. The van der Waals surface area contributed by atoms with Gasteiger partial charge in [0.1, 0.15) is 5.75 Å². The number of thioether (sulfide) groups is 1. The van der Waals surface area contributed by atoms with Gasteiger partial charge < -0.3 is 10.1 Å². The molecule has 0 fully saturated rings. The van der Waals surface area contributed by atoms with Crippen molar-refractivity contribution < 1.29 is 14.3 Å². The average Bonchev–Trinajstić information content (AvgIpc) is 2.57. The molecule has 0 spiro atoms. The lowest BCUT2D eigenvalue weighted by Crippen LogP contribution is -2.16. The van der Waals surface area contributed by atoms with Crippen molar-refractivity contribution in [3.8, 4) is 5.75 Å². The van der Waals surface area contributed by atoms with Gasteiger partial charge in [-0.05, 0) is 31.2 Å². The highest BCUT2D eigenvalue weighted by Gasteiger charge is 2.10. The summed E-state index contributed by atoms with van der Waals surface area (Å²) in [6, 6.07) is 14.5. The molecule has 0 aromatic heterocycles. The molecule has 4 nitrogen and oxygen atoms in total. The minimum absolute atomic E-state index is 0.00927. The number of amides is 1. The molecule has 0 heterocycles. The van der Waals surface area contributed by atoms with Crippen LogP contribution in [0.25, 0.3) is 0 Å². The van der Waals surface area contributed by atoms with Crippen molar-refractivity contribution in [1.82, 2.24) is 0 Å². The van der Waals surface area contributed by atoms with E-state index in [1.54, 1.807) is 18.2 Å². The summed E-state index contributed by atoms with van der Waals surface area (Å²) in [4.78, 5) is 24.1. The summed E-state index contributed by atoms with van der Waals surface area (Å²) in [5.41, 5.74) is 1.29. The Morgan fingerprint density at radius 2 is 1.79 bits per heavy atom. The Kier molecular flexibility index (Phi) is 7.34. The number of nitrogens with one attached hydrogen (secondary N) is 1. The second-order valence-corrected chi connectivity index (χ2v) is 6.80. The molecular formula is C18H18BrNO3S. The Hall–Kier alpha value is -1.79. The van der Waals surface area contributed by atoms with Gasteiger partial charge >= 0.3 is 0 Å². The predicted octanol–water partition coefficient (Wildman–Crippen LogP) is 4.40. The fourth-order valence-electron chi connectivity index (χ4n) is 1.99. The number of ether oxygens (including phenoxy) is 1. The molecule has 2 aromatic rings. The van der Waals surface area contributed by atoms with Gasteiger partial charge in [0.25, 0.3) is 0 Å². The quantitative estimate of drug-likeness (QED) is 0.658. The number of anilines is 1. The van der Waals surface area contributed by atoms with Crippen molar-refractivity contribution in [3.05, 3.63) is 58.6 Å². The van der Waals surface area contributed by atoms with E-state index in [1.165, 1.54) is 11.8 Å². The number of para-hydroxylation sites is 2. The van der Waals surface area contributed by atoms with Crippen molar-refractivity contribution >= 4 is 45.1 Å². The van der Waals surface area contributed by atoms with Crippen LogP contribution in [0.2, 0.25) is 0 Å². The summed E-state index contributed by atoms with van der Waals surface area (Å²) in [7, 11) is 0. The van der Waals surface area contributed by atoms with Crippen LogP contribution in [-0.4, -0.2) is 29.8 Å². The van der Waals surface area contributed by atoms with Gasteiger partial charge in [0.15, 0.2) is 5.78 Å². The topological polar surface area (TPSA) is 55.4 Å². The van der Waals surface area contributed by atoms with Crippen LogP contribution < -0.4 is 10.1 Å². The number of halogens is 1. The molecule has 24 heavy (non-hydrogen) atoms. The Morgan fingerprint density at radius 3 is 2.50 bits per heavy atom. The Labute approximate surface area is 154 Å². The zero-order valence-corrected chi connectivity index (χ0v) is 15.7. The average molecular weight is 408 g/mol. The summed E-state index contributed by atoms with van der Waals surface area (Å²) in [6.07, 6.45) is 0. The van der Waals surface area contributed by atoms with Crippen LogP contribution in [0.3, 0.4) is 0 Å². The van der Waals surface area contributed by atoms with Crippen LogP contribution in [0, 0.1) is 0 Å². The monoisotopic (exact) mass is 407 g/mol. The molecule has 2 rings (SSSR count). The molecule has 0 aliphatic rings. The first-order chi connectivity index (χ1) is 11.6. The molecule has 0 aliphatic carbocycles. The summed E-state index contributed by atoms with van der Waals surface area (Å²) in [5, 5.41) is 2.81. The predicted molar refractivity (Wildman–Crippen MR) is 102 cm³/mol. The fraction of sp³-hybridized carbons (Fsp3) is 0.222. The Morgan fingerprint density at radius 1 is 1.08 bits per heavy atom. The second-order valence-electron chi connectivity index (χ2n) is 4.90. The van der Waals surface area contributed by atoms with Crippen LogP contribution in [0.1, 0.15) is 17.3 Å². The molecule has 0 atom stereocenters. The molecule has 0 saturated carbocycles. The van der Waals surface area contributed by atoms with E-state index in [-0.39, 0.29) is 23.2 Å². The molecule has 0 bridgehead atoms. The SMILES string of the molecule is CCOc1ccccc1NC(=O)CSCC(=O)c1ccc(Br)cc1. The van der Waals surface area contributed by atoms with Crippen LogP contribution in [0.4, 0.5) is 5.69 Å². The van der Waals surface area contributed by atoms with Crippen LogP contribution in [0.5, 0.6) is 5.75 Å². The third-order valence-electron chi connectivity index (χ3n) is 3.09. The lowest BCUT2D eigenvalue weighted by atomic mass is 10.2. The van der Waals surface area contributed by atoms with Crippen molar-refractivity contribution in [2.45, 2.75) is 6.92 Å². The zero-order chi connectivity index (χ0) is 17.4. The number of ketones is 1. The first-order valence-electron chi connectivity index (χ1n) is 7.48. The molecule has 0 aliphatic heterocycles. The first-order valence-corrected chi connectivity index (χ1v) is 9.43. The van der Waals surface area contributed by atoms with Gasteiger partial charge in [-0.2, -0.15) is 0 Å². The third kappa shape index (κ3) is 5.69. The summed E-state index contributed by atoms with van der Waals surface area (Å²) in [6.45, 7) is 2.42. The normalized spacial score (nSPS) is 10.2. The van der Waals surface area contributed by atoms with Crippen molar-refractivity contribution in [2.24, 2.45) is 0 Å². The zero-order valence-electron chi connectivity index (χ0n) is 13.3. The number of Topliss-reactive ketones (excluding diaryl/α,β-unsaturated/α-hetero) is 1. The minimum atomic E-state index is -0.157. The number of carbonyl (C=O) groups excluding carboxylic acids is 2. The standard InChI is InChI=1S/C18H18BrNO3S/c1-2-23-17-6-4-3-5-15(17)20-18(22)12-24-11-16(21)13-7-9-14(19)10-8-13/h3-10H,2,11-12H2,1H3,(H,20,22). The van der Waals surface area contributed by atoms with Crippen LogP contribution in [-0.2, 0) is 4.79 Å². The van der Waals surface area contributed by atoms with E-state index in [2.05, 4.69) is 21.2 Å². The smallest absolute Gasteiger partial charge is 0.234 e. The number of hydrogen-bond donors (Lipinski definition) is 1. The van der Waals surface area contributed by atoms with Gasteiger partial charge in [-0.25, -0.2) is 0 Å². The number of carbonyl (C=O) groups is 2. The largest absolute Gasteiger partial charge is 0.492 e. The van der Waals surface area contributed by atoms with E-state index >= 15 is 0 Å². The van der Waals surface area contributed by atoms with E-state index in [9.17, 15) is 9.59 Å². The highest BCUT2D eigenvalue weighted by atomic mass is 79.9. The Bertz CT molecular complexity index is 704. The molecule has 0 saturated heterocycles. The van der Waals surface area contributed by atoms with Crippen molar-refractivity contribution in [3.63, 3.8) is 0 Å². The van der Waals surface area contributed by atoms with E-state index in [0.717, 1.165) is 4.47 Å². The number of rotatable bonds is 8. The van der Waals surface area contributed by atoms with Gasteiger partial charge in [0.2, 0.25) is 5.91 Å². The van der Waals surface area contributed by atoms with E-state index in [0.29, 0.717) is 23.6 Å². The van der Waals surface area contributed by atoms with Crippen LogP contribution >= 0.6 is 27.7 Å². The van der Waals surface area contributed by atoms with E-state index < -0.39 is 0 Å². The van der Waals surface area contributed by atoms with Gasteiger partial charge in [0, 0.05) is 10.0 Å². The van der Waals surface area contributed by atoms with E-state index in [4.69, 9.17) is 4.74 Å². The van der Waals surface area contributed by atoms with Crippen LogP contribution in [0.15, 0.2) is 53.0 Å². The van der Waals surface area contributed by atoms with Gasteiger partial charge in [0.05, 0.1) is 23.8 Å². The van der Waals surface area contributed by atoms with Gasteiger partial charge in [-0.15, -0.1) is 11.8 Å². The molecule has 6 heteroatoms. The molecule has 1 amide bonds. The van der Waals surface area contributed by atoms with Crippen molar-refractivity contribution in [1.29, 1.82) is 0 Å². The van der Waals surface area contributed by atoms with E-state index in [1.807, 2.05) is 37.3 Å². The lowest BCUT2D eigenvalue weighted by Gasteiger charge is -2.11. The third-order valence-corrected chi connectivity index (χ3v) is 4.55. The van der Waals surface area contributed by atoms with Gasteiger partial charge in [-0.1, -0.05) is 40.2 Å². The van der Waals surface area contributed by atoms with Gasteiger partial charge in [-0.3, -0.25) is 9.59 Å². The molecule has 0 unspecified atom stereocenters. The highest BCUT2D eigenvalue weighted by molar-refractivity contribution is 9.10. The molecule has 0 radical (unpaired) electrons. The molecule has 1 N–H and O–H groups in total.